The van der Waals surface area contributed by atoms with Gasteiger partial charge in [0.2, 0.25) is 0 Å². The second kappa shape index (κ2) is 4.45. The molecule has 72 valence electrons. The van der Waals surface area contributed by atoms with Crippen molar-refractivity contribution in [3.05, 3.63) is 0 Å². The first-order valence-corrected chi connectivity index (χ1v) is 4.74. The fraction of sp³-hybridized carbons (Fsp3) is 1.00. The Hall–Kier alpha value is 0.210. The van der Waals surface area contributed by atoms with Gasteiger partial charge in [0.15, 0.2) is 0 Å². The SMILES string of the molecule is CCOC1CN2CCCC1C2.Cl. The zero-order valence-electron chi connectivity index (χ0n) is 7.66. The van der Waals surface area contributed by atoms with Crippen LogP contribution in [0, 0.1) is 5.92 Å². The maximum absolute atomic E-state index is 5.68. The van der Waals surface area contributed by atoms with Gasteiger partial charge >= 0.3 is 0 Å². The van der Waals surface area contributed by atoms with Gasteiger partial charge < -0.3 is 9.64 Å². The molecule has 2 heterocycles. The van der Waals surface area contributed by atoms with Crippen molar-refractivity contribution in [1.82, 2.24) is 4.90 Å². The Balaban J connectivity index is 0.000000720. The number of ether oxygens (including phenoxy) is 1. The number of piperidine rings is 1. The molecule has 0 aromatic heterocycles. The number of hydrogen-bond acceptors (Lipinski definition) is 2. The molecule has 0 saturated carbocycles. The van der Waals surface area contributed by atoms with Gasteiger partial charge in [0.05, 0.1) is 6.10 Å². The molecule has 2 aliphatic rings. The molecule has 0 aliphatic carbocycles. The molecule has 0 aromatic rings. The summed E-state index contributed by atoms with van der Waals surface area (Å²) in [5, 5.41) is 0. The molecule has 0 N–H and O–H groups in total. The average molecular weight is 192 g/mol. The van der Waals surface area contributed by atoms with Crippen LogP contribution in [0.3, 0.4) is 0 Å². The maximum atomic E-state index is 5.68. The molecule has 2 bridgehead atoms. The smallest absolute Gasteiger partial charge is 0.0742 e. The molecule has 3 heteroatoms. The standard InChI is InChI=1S/C9H17NO.ClH/c1-2-11-9-7-10-5-3-4-8(9)6-10;/h8-9H,2-7H2,1H3;1H. The summed E-state index contributed by atoms with van der Waals surface area (Å²) in [7, 11) is 0. The molecule has 12 heavy (non-hydrogen) atoms. The largest absolute Gasteiger partial charge is 0.377 e. The molecule has 0 radical (unpaired) electrons. The normalized spacial score (nSPS) is 39.2. The predicted molar refractivity (Wildman–Crippen MR) is 51.8 cm³/mol. The molecule has 0 amide bonds. The minimum Gasteiger partial charge on any atom is -0.377 e. The van der Waals surface area contributed by atoms with E-state index < -0.39 is 0 Å². The molecule has 2 aliphatic heterocycles. The first kappa shape index (κ1) is 10.3. The van der Waals surface area contributed by atoms with Gasteiger partial charge in [-0.05, 0) is 32.2 Å². The lowest BCUT2D eigenvalue weighted by molar-refractivity contribution is 0.0449. The van der Waals surface area contributed by atoms with E-state index >= 15 is 0 Å². The van der Waals surface area contributed by atoms with Crippen LogP contribution in [-0.4, -0.2) is 37.2 Å². The van der Waals surface area contributed by atoms with Crippen LogP contribution >= 0.6 is 12.4 Å². The van der Waals surface area contributed by atoms with Gasteiger partial charge in [0.25, 0.3) is 0 Å². The topological polar surface area (TPSA) is 12.5 Å². The lowest BCUT2D eigenvalue weighted by Gasteiger charge is -2.21. The number of halogens is 1. The van der Waals surface area contributed by atoms with Gasteiger partial charge in [-0.1, -0.05) is 0 Å². The summed E-state index contributed by atoms with van der Waals surface area (Å²) in [6.07, 6.45) is 3.33. The Bertz CT molecular complexity index is 142. The molecule has 2 saturated heterocycles. The van der Waals surface area contributed by atoms with Crippen LogP contribution in [0.2, 0.25) is 0 Å². The van der Waals surface area contributed by atoms with Crippen LogP contribution in [0.1, 0.15) is 19.8 Å². The first-order valence-electron chi connectivity index (χ1n) is 4.74. The van der Waals surface area contributed by atoms with E-state index in [9.17, 15) is 0 Å². The Morgan fingerprint density at radius 3 is 2.92 bits per heavy atom. The van der Waals surface area contributed by atoms with E-state index in [-0.39, 0.29) is 12.4 Å². The van der Waals surface area contributed by atoms with E-state index in [1.54, 1.807) is 0 Å². The third-order valence-corrected chi connectivity index (χ3v) is 2.89. The van der Waals surface area contributed by atoms with Gasteiger partial charge in [-0.3, -0.25) is 0 Å². The van der Waals surface area contributed by atoms with E-state index in [2.05, 4.69) is 11.8 Å². The van der Waals surface area contributed by atoms with E-state index in [4.69, 9.17) is 4.74 Å². The number of hydrogen-bond donors (Lipinski definition) is 0. The minimum absolute atomic E-state index is 0. The van der Waals surface area contributed by atoms with E-state index in [1.165, 1.54) is 32.5 Å². The van der Waals surface area contributed by atoms with Gasteiger partial charge in [0.1, 0.15) is 0 Å². The highest BCUT2D eigenvalue weighted by molar-refractivity contribution is 5.85. The van der Waals surface area contributed by atoms with Gasteiger partial charge in [-0.15, -0.1) is 12.4 Å². The van der Waals surface area contributed by atoms with E-state index in [0.717, 1.165) is 12.5 Å². The Morgan fingerprint density at radius 2 is 2.25 bits per heavy atom. The van der Waals surface area contributed by atoms with Crippen molar-refractivity contribution in [3.8, 4) is 0 Å². The second-order valence-electron chi connectivity index (χ2n) is 3.66. The number of nitrogens with zero attached hydrogens (tertiary/aromatic N) is 1. The van der Waals surface area contributed by atoms with Gasteiger partial charge in [-0.25, -0.2) is 0 Å². The third kappa shape index (κ3) is 1.93. The second-order valence-corrected chi connectivity index (χ2v) is 3.66. The summed E-state index contributed by atoms with van der Waals surface area (Å²) >= 11 is 0. The van der Waals surface area contributed by atoms with Crippen LogP contribution in [0.15, 0.2) is 0 Å². The summed E-state index contributed by atoms with van der Waals surface area (Å²) in [4.78, 5) is 2.54. The quantitative estimate of drug-likeness (QED) is 0.657. The summed E-state index contributed by atoms with van der Waals surface area (Å²) in [6.45, 7) is 6.77. The summed E-state index contributed by atoms with van der Waals surface area (Å²) < 4.78 is 5.68. The lowest BCUT2D eigenvalue weighted by atomic mass is 9.99. The fourth-order valence-corrected chi connectivity index (χ4v) is 2.37. The molecule has 2 rings (SSSR count). The zero-order chi connectivity index (χ0) is 7.68. The molecular weight excluding hydrogens is 174 g/mol. The van der Waals surface area contributed by atoms with Crippen LogP contribution in [0.4, 0.5) is 0 Å². The van der Waals surface area contributed by atoms with Crippen molar-refractivity contribution in [3.63, 3.8) is 0 Å². The molecule has 3 atom stereocenters. The van der Waals surface area contributed by atoms with Gasteiger partial charge in [0, 0.05) is 19.7 Å². The molecule has 2 fully saturated rings. The minimum atomic E-state index is 0. The predicted octanol–water partition coefficient (Wildman–Crippen LogP) is 1.54. The van der Waals surface area contributed by atoms with Crippen LogP contribution in [0.25, 0.3) is 0 Å². The Labute approximate surface area is 80.7 Å². The highest BCUT2D eigenvalue weighted by Gasteiger charge is 2.35. The summed E-state index contributed by atoms with van der Waals surface area (Å²) in [6, 6.07) is 0. The number of fused-ring (bicyclic) bond motifs is 2. The van der Waals surface area contributed by atoms with Crippen LogP contribution in [0.5, 0.6) is 0 Å². The Kier molecular flexibility index (Phi) is 3.81. The van der Waals surface area contributed by atoms with Crippen molar-refractivity contribution < 1.29 is 4.74 Å². The molecule has 0 aromatic carbocycles. The maximum Gasteiger partial charge on any atom is 0.0742 e. The Morgan fingerprint density at radius 1 is 1.42 bits per heavy atom. The van der Waals surface area contributed by atoms with Gasteiger partial charge in [-0.2, -0.15) is 0 Å². The third-order valence-electron chi connectivity index (χ3n) is 2.89. The van der Waals surface area contributed by atoms with Crippen molar-refractivity contribution in [2.75, 3.05) is 26.2 Å². The lowest BCUT2D eigenvalue weighted by Crippen LogP contribution is -2.25. The van der Waals surface area contributed by atoms with Crippen LogP contribution < -0.4 is 0 Å². The average Bonchev–Trinajstić information content (AvgIpc) is 2.29. The molecule has 2 nitrogen and oxygen atoms in total. The first-order chi connectivity index (χ1) is 5.40. The zero-order valence-corrected chi connectivity index (χ0v) is 8.48. The van der Waals surface area contributed by atoms with Crippen LogP contribution in [-0.2, 0) is 4.74 Å². The molecular formula is C9H18ClNO. The van der Waals surface area contributed by atoms with Crippen molar-refractivity contribution in [2.45, 2.75) is 25.9 Å². The summed E-state index contributed by atoms with van der Waals surface area (Å²) in [5.74, 6) is 0.851. The molecule has 0 spiro atoms. The molecule has 3 unspecified atom stereocenters. The van der Waals surface area contributed by atoms with E-state index in [0.29, 0.717) is 6.10 Å². The van der Waals surface area contributed by atoms with Crippen molar-refractivity contribution >= 4 is 12.4 Å². The van der Waals surface area contributed by atoms with Crippen molar-refractivity contribution in [1.29, 1.82) is 0 Å². The number of rotatable bonds is 2. The van der Waals surface area contributed by atoms with Crippen molar-refractivity contribution in [2.24, 2.45) is 5.92 Å². The monoisotopic (exact) mass is 191 g/mol. The fourth-order valence-electron chi connectivity index (χ4n) is 2.37. The summed E-state index contributed by atoms with van der Waals surface area (Å²) in [5.41, 5.74) is 0. The highest BCUT2D eigenvalue weighted by Crippen LogP contribution is 2.28. The highest BCUT2D eigenvalue weighted by atomic mass is 35.5. The van der Waals surface area contributed by atoms with E-state index in [1.807, 2.05) is 0 Å².